The van der Waals surface area contributed by atoms with Crippen molar-refractivity contribution in [2.75, 3.05) is 9.96 Å². The summed E-state index contributed by atoms with van der Waals surface area (Å²) in [6.07, 6.45) is -1.13. The highest BCUT2D eigenvalue weighted by molar-refractivity contribution is 6.31. The number of imide groups is 1. The summed E-state index contributed by atoms with van der Waals surface area (Å²) in [5, 5.41) is 23.6. The minimum Gasteiger partial charge on any atom is -0.507 e. The number of non-ortho nitro benzene ring substituents is 1. The van der Waals surface area contributed by atoms with Gasteiger partial charge in [-0.05, 0) is 42.5 Å². The molecule has 10 heteroatoms. The van der Waals surface area contributed by atoms with Crippen molar-refractivity contribution in [2.24, 2.45) is 5.92 Å². The van der Waals surface area contributed by atoms with E-state index >= 15 is 0 Å². The first-order chi connectivity index (χ1) is 15.9. The van der Waals surface area contributed by atoms with E-state index in [1.807, 2.05) is 0 Å². The minimum absolute atomic E-state index is 0.232. The fraction of sp³-hybridized carbons (Fsp3) is 0.130. The predicted octanol–water partition coefficient (Wildman–Crippen LogP) is 4.00. The van der Waals surface area contributed by atoms with Gasteiger partial charge in [-0.25, -0.2) is 9.96 Å². The Balaban J connectivity index is 1.61. The van der Waals surface area contributed by atoms with Gasteiger partial charge in [0.05, 0.1) is 28.4 Å². The predicted molar refractivity (Wildman–Crippen MR) is 119 cm³/mol. The Morgan fingerprint density at radius 1 is 0.939 bits per heavy atom. The van der Waals surface area contributed by atoms with Crippen LogP contribution in [0.25, 0.3) is 0 Å². The van der Waals surface area contributed by atoms with E-state index in [4.69, 9.17) is 16.4 Å². The Hall–Kier alpha value is -3.95. The molecule has 166 valence electrons. The Kier molecular flexibility index (Phi) is 4.99. The van der Waals surface area contributed by atoms with Crippen LogP contribution in [0, 0.1) is 16.0 Å². The summed E-state index contributed by atoms with van der Waals surface area (Å²) >= 11 is 5.93. The van der Waals surface area contributed by atoms with E-state index in [1.165, 1.54) is 17.2 Å². The van der Waals surface area contributed by atoms with E-state index < -0.39 is 34.8 Å². The Labute approximate surface area is 192 Å². The largest absolute Gasteiger partial charge is 0.507 e. The molecule has 2 aliphatic heterocycles. The number of phenols is 1. The molecule has 2 amide bonds. The zero-order valence-electron chi connectivity index (χ0n) is 16.9. The van der Waals surface area contributed by atoms with Gasteiger partial charge in [-0.3, -0.25) is 24.5 Å². The summed E-state index contributed by atoms with van der Waals surface area (Å²) in [4.78, 5) is 44.3. The van der Waals surface area contributed by atoms with Gasteiger partial charge in [0.15, 0.2) is 6.10 Å². The standard InChI is InChI=1S/C23H16ClN3O6/c24-13-6-8-14(9-7-13)25-22(29)19-20(17-11-10-16(27(31)32)12-18(17)28)26(33-21(19)23(25)30)15-4-2-1-3-5-15/h1-12,19-21,28H/t19-,20-,21-/m0/s1. The number of hydrogen-bond donors (Lipinski definition) is 1. The first-order valence-corrected chi connectivity index (χ1v) is 10.4. The number of amides is 2. The number of fused-ring (bicyclic) bond motifs is 1. The number of carbonyl (C=O) groups is 2. The molecule has 3 atom stereocenters. The second-order valence-corrected chi connectivity index (χ2v) is 8.08. The third kappa shape index (κ3) is 3.38. The molecule has 0 aliphatic carbocycles. The molecule has 9 nitrogen and oxygen atoms in total. The fourth-order valence-electron chi connectivity index (χ4n) is 4.27. The van der Waals surface area contributed by atoms with Gasteiger partial charge in [-0.2, -0.15) is 0 Å². The minimum atomic E-state index is -1.13. The van der Waals surface area contributed by atoms with E-state index in [-0.39, 0.29) is 17.0 Å². The number of nitrogens with zero attached hydrogens (tertiary/aromatic N) is 3. The number of hydroxylamine groups is 1. The second-order valence-electron chi connectivity index (χ2n) is 7.65. The molecule has 0 saturated carbocycles. The average molecular weight is 466 g/mol. The normalized spacial score (nSPS) is 22.0. The van der Waals surface area contributed by atoms with Gasteiger partial charge in [0, 0.05) is 16.7 Å². The van der Waals surface area contributed by atoms with E-state index in [1.54, 1.807) is 54.6 Å². The van der Waals surface area contributed by atoms with Gasteiger partial charge >= 0.3 is 0 Å². The van der Waals surface area contributed by atoms with E-state index in [0.29, 0.717) is 16.4 Å². The number of carbonyl (C=O) groups excluding carboxylic acids is 2. The third-order valence-corrected chi connectivity index (χ3v) is 6.01. The highest BCUT2D eigenvalue weighted by atomic mass is 35.5. The first kappa shape index (κ1) is 20.9. The van der Waals surface area contributed by atoms with Crippen molar-refractivity contribution in [2.45, 2.75) is 12.1 Å². The number of aromatic hydroxyl groups is 1. The molecular weight excluding hydrogens is 450 g/mol. The lowest BCUT2D eigenvalue weighted by Gasteiger charge is -2.29. The van der Waals surface area contributed by atoms with Gasteiger partial charge in [0.2, 0.25) is 5.91 Å². The van der Waals surface area contributed by atoms with Gasteiger partial charge in [0.25, 0.3) is 11.6 Å². The van der Waals surface area contributed by atoms with Gasteiger partial charge in [0.1, 0.15) is 11.7 Å². The lowest BCUT2D eigenvalue weighted by molar-refractivity contribution is -0.385. The monoisotopic (exact) mass is 465 g/mol. The number of nitro benzene ring substituents is 1. The number of nitro groups is 1. The van der Waals surface area contributed by atoms with Crippen molar-refractivity contribution in [1.82, 2.24) is 0 Å². The van der Waals surface area contributed by atoms with Crippen LogP contribution >= 0.6 is 11.6 Å². The zero-order chi connectivity index (χ0) is 23.3. The molecule has 0 spiro atoms. The molecule has 2 aliphatic rings. The quantitative estimate of drug-likeness (QED) is 0.352. The number of hydrogen-bond acceptors (Lipinski definition) is 7. The summed E-state index contributed by atoms with van der Waals surface area (Å²) in [7, 11) is 0. The van der Waals surface area contributed by atoms with Crippen LogP contribution in [0.5, 0.6) is 5.75 Å². The number of benzene rings is 3. The molecular formula is C23H16ClN3O6. The van der Waals surface area contributed by atoms with Crippen molar-refractivity contribution < 1.29 is 24.5 Å². The Bertz CT molecular complexity index is 1270. The SMILES string of the molecule is O=C1[C@@H]2[C@H](ON(c3ccccc3)[C@H]2c2ccc([N+](=O)[O-])cc2O)C(=O)N1c1ccc(Cl)cc1. The number of anilines is 2. The molecule has 0 aromatic heterocycles. The molecule has 0 bridgehead atoms. The maximum absolute atomic E-state index is 13.5. The first-order valence-electron chi connectivity index (χ1n) is 9.98. The van der Waals surface area contributed by atoms with Crippen molar-refractivity contribution in [1.29, 1.82) is 0 Å². The van der Waals surface area contributed by atoms with Crippen LogP contribution in [0.1, 0.15) is 11.6 Å². The van der Waals surface area contributed by atoms with Gasteiger partial charge in [-0.1, -0.05) is 29.8 Å². The maximum Gasteiger partial charge on any atom is 0.273 e. The number of phenolic OH excluding ortho intramolecular Hbond substituents is 1. The van der Waals surface area contributed by atoms with Crippen molar-refractivity contribution >= 4 is 40.5 Å². The van der Waals surface area contributed by atoms with Crippen LogP contribution in [-0.4, -0.2) is 27.9 Å². The number of halogens is 1. The van der Waals surface area contributed by atoms with Crippen LogP contribution < -0.4 is 9.96 Å². The van der Waals surface area contributed by atoms with Crippen LogP contribution in [0.15, 0.2) is 72.8 Å². The molecule has 2 saturated heterocycles. The van der Waals surface area contributed by atoms with Crippen molar-refractivity contribution in [3.8, 4) is 5.75 Å². The molecule has 33 heavy (non-hydrogen) atoms. The summed E-state index contributed by atoms with van der Waals surface area (Å²) in [5.41, 5.74) is 0.851. The van der Waals surface area contributed by atoms with Crippen molar-refractivity contribution in [3.05, 3.63) is 93.5 Å². The Morgan fingerprint density at radius 2 is 1.64 bits per heavy atom. The summed E-state index contributed by atoms with van der Waals surface area (Å²) in [6.45, 7) is 0. The van der Waals surface area contributed by atoms with Crippen molar-refractivity contribution in [3.63, 3.8) is 0 Å². The number of para-hydroxylation sites is 1. The van der Waals surface area contributed by atoms with E-state index in [2.05, 4.69) is 0 Å². The molecule has 2 heterocycles. The molecule has 5 rings (SSSR count). The van der Waals surface area contributed by atoms with Crippen LogP contribution in [0.3, 0.4) is 0 Å². The molecule has 1 N–H and O–H groups in total. The third-order valence-electron chi connectivity index (χ3n) is 5.75. The topological polar surface area (TPSA) is 113 Å². The summed E-state index contributed by atoms with van der Waals surface area (Å²) in [6, 6.07) is 17.8. The molecule has 2 fully saturated rings. The maximum atomic E-state index is 13.5. The Morgan fingerprint density at radius 3 is 2.27 bits per heavy atom. The molecule has 3 aromatic carbocycles. The lowest BCUT2D eigenvalue weighted by Crippen LogP contribution is -2.37. The summed E-state index contributed by atoms with van der Waals surface area (Å²) < 4.78 is 0. The van der Waals surface area contributed by atoms with Crippen LogP contribution in [0.4, 0.5) is 17.1 Å². The highest BCUT2D eigenvalue weighted by Crippen LogP contribution is 2.49. The zero-order valence-corrected chi connectivity index (χ0v) is 17.6. The van der Waals surface area contributed by atoms with Crippen LogP contribution in [-0.2, 0) is 14.4 Å². The second kappa shape index (κ2) is 7.88. The van der Waals surface area contributed by atoms with Gasteiger partial charge in [-0.15, -0.1) is 0 Å². The highest BCUT2D eigenvalue weighted by Gasteiger charge is 2.60. The lowest BCUT2D eigenvalue weighted by atomic mass is 9.90. The molecule has 0 radical (unpaired) electrons. The van der Waals surface area contributed by atoms with Gasteiger partial charge < -0.3 is 5.11 Å². The van der Waals surface area contributed by atoms with Crippen LogP contribution in [0.2, 0.25) is 5.02 Å². The summed E-state index contributed by atoms with van der Waals surface area (Å²) in [5.74, 6) is -2.41. The smallest absolute Gasteiger partial charge is 0.273 e. The molecule has 3 aromatic rings. The van der Waals surface area contributed by atoms with E-state index in [9.17, 15) is 24.8 Å². The number of rotatable bonds is 4. The average Bonchev–Trinajstić information content (AvgIpc) is 3.31. The fourth-order valence-corrected chi connectivity index (χ4v) is 4.40. The molecule has 0 unspecified atom stereocenters. The van der Waals surface area contributed by atoms with E-state index in [0.717, 1.165) is 11.0 Å².